The van der Waals surface area contributed by atoms with Gasteiger partial charge in [-0.2, -0.15) is 5.26 Å². The van der Waals surface area contributed by atoms with Crippen LogP contribution in [0.25, 0.3) is 0 Å². The molecule has 0 saturated heterocycles. The monoisotopic (exact) mass is 323 g/mol. The highest BCUT2D eigenvalue weighted by Crippen LogP contribution is 2.19. The van der Waals surface area contributed by atoms with E-state index in [0.29, 0.717) is 18.5 Å². The van der Waals surface area contributed by atoms with Gasteiger partial charge in [0.1, 0.15) is 0 Å². The number of nitrogens with one attached hydrogen (secondary N) is 2. The van der Waals surface area contributed by atoms with Crippen LogP contribution in [-0.2, 0) is 4.79 Å². The maximum Gasteiger partial charge on any atom is 0.222 e. The highest BCUT2D eigenvalue weighted by atomic mass is 79.9. The number of carbonyl (C=O) groups is 1. The van der Waals surface area contributed by atoms with Gasteiger partial charge in [0.15, 0.2) is 0 Å². The standard InChI is InChI=1S/C14H18BrN3O/c1-14(2,3)18-13(19)4-5-17-12-7-10(9-16)6-11(15)8-12/h6-8,17H,4-5H2,1-3H3,(H,18,19). The summed E-state index contributed by atoms with van der Waals surface area (Å²) >= 11 is 3.34. The third kappa shape index (κ3) is 6.25. The summed E-state index contributed by atoms with van der Waals surface area (Å²) in [4.78, 5) is 11.6. The summed E-state index contributed by atoms with van der Waals surface area (Å²) in [7, 11) is 0. The van der Waals surface area contributed by atoms with Crippen LogP contribution in [0.2, 0.25) is 0 Å². The molecule has 0 atom stereocenters. The smallest absolute Gasteiger partial charge is 0.222 e. The highest BCUT2D eigenvalue weighted by molar-refractivity contribution is 9.10. The fourth-order valence-corrected chi connectivity index (χ4v) is 2.05. The third-order valence-electron chi connectivity index (χ3n) is 2.22. The lowest BCUT2D eigenvalue weighted by Gasteiger charge is -2.20. The van der Waals surface area contributed by atoms with Crippen LogP contribution in [0, 0.1) is 11.3 Å². The van der Waals surface area contributed by atoms with E-state index < -0.39 is 0 Å². The lowest BCUT2D eigenvalue weighted by atomic mass is 10.1. The molecular formula is C14H18BrN3O. The van der Waals surface area contributed by atoms with Gasteiger partial charge in [-0.25, -0.2) is 0 Å². The first-order valence-electron chi connectivity index (χ1n) is 6.06. The van der Waals surface area contributed by atoms with Crippen LogP contribution in [-0.4, -0.2) is 18.0 Å². The van der Waals surface area contributed by atoms with Gasteiger partial charge in [-0.05, 0) is 39.0 Å². The second-order valence-corrected chi connectivity index (χ2v) is 6.23. The number of carbonyl (C=O) groups excluding carboxylic acids is 1. The summed E-state index contributed by atoms with van der Waals surface area (Å²) < 4.78 is 0.841. The number of halogens is 1. The first kappa shape index (κ1) is 15.5. The molecule has 2 N–H and O–H groups in total. The lowest BCUT2D eigenvalue weighted by molar-refractivity contribution is -0.122. The number of benzene rings is 1. The van der Waals surface area contributed by atoms with Crippen molar-refractivity contribution in [3.8, 4) is 6.07 Å². The van der Waals surface area contributed by atoms with Crippen LogP contribution in [0.15, 0.2) is 22.7 Å². The maximum atomic E-state index is 11.6. The molecule has 1 rings (SSSR count). The minimum atomic E-state index is -0.208. The van der Waals surface area contributed by atoms with Crippen molar-refractivity contribution in [2.75, 3.05) is 11.9 Å². The van der Waals surface area contributed by atoms with E-state index in [-0.39, 0.29) is 11.4 Å². The SMILES string of the molecule is CC(C)(C)NC(=O)CCNc1cc(Br)cc(C#N)c1. The van der Waals surface area contributed by atoms with Crippen molar-refractivity contribution in [2.24, 2.45) is 0 Å². The molecular weight excluding hydrogens is 306 g/mol. The number of rotatable bonds is 4. The molecule has 19 heavy (non-hydrogen) atoms. The minimum absolute atomic E-state index is 0.00973. The number of amides is 1. The fourth-order valence-electron chi connectivity index (χ4n) is 1.56. The van der Waals surface area contributed by atoms with E-state index in [9.17, 15) is 4.79 Å². The van der Waals surface area contributed by atoms with Gasteiger partial charge in [-0.1, -0.05) is 15.9 Å². The Morgan fingerprint density at radius 3 is 2.63 bits per heavy atom. The van der Waals surface area contributed by atoms with E-state index in [1.165, 1.54) is 0 Å². The Kier molecular flexibility index (Phi) is 5.37. The molecule has 0 spiro atoms. The molecule has 0 aliphatic rings. The molecule has 4 nitrogen and oxygen atoms in total. The van der Waals surface area contributed by atoms with E-state index in [1.807, 2.05) is 26.8 Å². The molecule has 0 bridgehead atoms. The quantitative estimate of drug-likeness (QED) is 0.895. The fraction of sp³-hybridized carbons (Fsp3) is 0.429. The van der Waals surface area contributed by atoms with Crippen molar-refractivity contribution in [3.05, 3.63) is 28.2 Å². The molecule has 1 aromatic rings. The topological polar surface area (TPSA) is 64.9 Å². The van der Waals surface area contributed by atoms with Crippen LogP contribution >= 0.6 is 15.9 Å². The predicted molar refractivity (Wildman–Crippen MR) is 79.9 cm³/mol. The molecule has 0 saturated carbocycles. The number of hydrogen-bond acceptors (Lipinski definition) is 3. The maximum absolute atomic E-state index is 11.6. The largest absolute Gasteiger partial charge is 0.384 e. The Morgan fingerprint density at radius 2 is 2.05 bits per heavy atom. The van der Waals surface area contributed by atoms with E-state index >= 15 is 0 Å². The molecule has 0 unspecified atom stereocenters. The van der Waals surface area contributed by atoms with Crippen molar-refractivity contribution in [3.63, 3.8) is 0 Å². The predicted octanol–water partition coefficient (Wildman–Crippen LogP) is 3.04. The Labute approximate surface area is 122 Å². The van der Waals surface area contributed by atoms with Crippen molar-refractivity contribution in [1.82, 2.24) is 5.32 Å². The second kappa shape index (κ2) is 6.58. The average molecular weight is 324 g/mol. The van der Waals surface area contributed by atoms with Crippen LogP contribution in [0.4, 0.5) is 5.69 Å². The molecule has 0 aliphatic carbocycles. The highest BCUT2D eigenvalue weighted by Gasteiger charge is 2.12. The summed E-state index contributed by atoms with van der Waals surface area (Å²) in [6.45, 7) is 6.38. The van der Waals surface area contributed by atoms with Crippen molar-refractivity contribution >= 4 is 27.5 Å². The molecule has 1 aromatic carbocycles. The number of hydrogen-bond donors (Lipinski definition) is 2. The molecule has 5 heteroatoms. The second-order valence-electron chi connectivity index (χ2n) is 5.32. The van der Waals surface area contributed by atoms with Crippen molar-refractivity contribution in [1.29, 1.82) is 5.26 Å². The van der Waals surface area contributed by atoms with Gasteiger partial charge in [0.25, 0.3) is 0 Å². The zero-order valence-corrected chi connectivity index (χ0v) is 13.0. The van der Waals surface area contributed by atoms with Gasteiger partial charge >= 0.3 is 0 Å². The van der Waals surface area contributed by atoms with Crippen LogP contribution in [0.1, 0.15) is 32.8 Å². The zero-order valence-electron chi connectivity index (χ0n) is 11.4. The molecule has 0 heterocycles. The van der Waals surface area contributed by atoms with Crippen molar-refractivity contribution < 1.29 is 4.79 Å². The van der Waals surface area contributed by atoms with Crippen LogP contribution < -0.4 is 10.6 Å². The summed E-state index contributed by atoms with van der Waals surface area (Å²) in [5, 5.41) is 14.9. The van der Waals surface area contributed by atoms with Crippen LogP contribution in [0.5, 0.6) is 0 Å². The van der Waals surface area contributed by atoms with Gasteiger partial charge in [-0.3, -0.25) is 4.79 Å². The molecule has 102 valence electrons. The first-order valence-corrected chi connectivity index (χ1v) is 6.85. The number of nitrogens with zero attached hydrogens (tertiary/aromatic N) is 1. The Hall–Kier alpha value is -1.54. The van der Waals surface area contributed by atoms with E-state index in [1.54, 1.807) is 12.1 Å². The molecule has 0 aliphatic heterocycles. The molecule has 0 fully saturated rings. The lowest BCUT2D eigenvalue weighted by Crippen LogP contribution is -2.41. The Bertz CT molecular complexity index is 500. The van der Waals surface area contributed by atoms with Gasteiger partial charge in [0.05, 0.1) is 11.6 Å². The summed E-state index contributed by atoms with van der Waals surface area (Å²) in [6.07, 6.45) is 0.395. The normalized spacial score (nSPS) is 10.7. The van der Waals surface area contributed by atoms with Crippen molar-refractivity contribution in [2.45, 2.75) is 32.7 Å². The van der Waals surface area contributed by atoms with E-state index in [2.05, 4.69) is 32.6 Å². The third-order valence-corrected chi connectivity index (χ3v) is 2.68. The molecule has 0 aromatic heterocycles. The van der Waals surface area contributed by atoms with E-state index in [0.717, 1.165) is 10.2 Å². The summed E-state index contributed by atoms with van der Waals surface area (Å²) in [5.41, 5.74) is 1.20. The van der Waals surface area contributed by atoms with Gasteiger partial charge in [0, 0.05) is 28.7 Å². The van der Waals surface area contributed by atoms with Gasteiger partial charge in [0.2, 0.25) is 5.91 Å². The summed E-state index contributed by atoms with van der Waals surface area (Å²) in [6, 6.07) is 7.47. The van der Waals surface area contributed by atoms with Gasteiger partial charge < -0.3 is 10.6 Å². The number of nitriles is 1. The van der Waals surface area contributed by atoms with Gasteiger partial charge in [-0.15, -0.1) is 0 Å². The molecule has 1 amide bonds. The zero-order chi connectivity index (χ0) is 14.5. The Morgan fingerprint density at radius 1 is 1.37 bits per heavy atom. The Balaban J connectivity index is 2.48. The van der Waals surface area contributed by atoms with E-state index in [4.69, 9.17) is 5.26 Å². The number of anilines is 1. The average Bonchev–Trinajstić information content (AvgIpc) is 2.25. The minimum Gasteiger partial charge on any atom is -0.384 e. The van der Waals surface area contributed by atoms with Crippen LogP contribution in [0.3, 0.4) is 0 Å². The molecule has 0 radical (unpaired) electrons. The summed E-state index contributed by atoms with van der Waals surface area (Å²) in [5.74, 6) is 0.00973. The first-order chi connectivity index (χ1) is 8.80.